The maximum absolute atomic E-state index is 12.4. The van der Waals surface area contributed by atoms with Crippen molar-refractivity contribution in [1.82, 2.24) is 14.9 Å². The highest BCUT2D eigenvalue weighted by Crippen LogP contribution is 2.27. The monoisotopic (exact) mass is 307 g/mol. The fourth-order valence-electron chi connectivity index (χ4n) is 2.81. The maximum atomic E-state index is 12.4. The summed E-state index contributed by atoms with van der Waals surface area (Å²) in [5, 5.41) is 4.11. The molecule has 2 aromatic heterocycles. The Morgan fingerprint density at radius 3 is 2.65 bits per heavy atom. The minimum atomic E-state index is -0.0535. The quantitative estimate of drug-likeness (QED) is 0.800. The molecular formula is C19H21N3O. The lowest BCUT2D eigenvalue weighted by Crippen LogP contribution is -2.22. The van der Waals surface area contributed by atoms with Crippen molar-refractivity contribution in [2.75, 3.05) is 0 Å². The van der Waals surface area contributed by atoms with Gasteiger partial charge in [0.2, 0.25) is 0 Å². The van der Waals surface area contributed by atoms with Crippen LogP contribution < -0.4 is 5.32 Å². The van der Waals surface area contributed by atoms with E-state index < -0.39 is 0 Å². The van der Waals surface area contributed by atoms with Crippen LogP contribution in [-0.2, 0) is 13.6 Å². The molecule has 0 fully saturated rings. The van der Waals surface area contributed by atoms with Crippen LogP contribution in [0.15, 0.2) is 48.9 Å². The fourth-order valence-corrected chi connectivity index (χ4v) is 2.81. The van der Waals surface area contributed by atoms with E-state index in [1.807, 2.05) is 37.4 Å². The Labute approximate surface area is 136 Å². The molecule has 0 aliphatic carbocycles. The molecule has 0 aliphatic rings. The number of hydrogen-bond donors (Lipinski definition) is 1. The largest absolute Gasteiger partial charge is 0.350 e. The average Bonchev–Trinajstić information content (AvgIpc) is 2.90. The van der Waals surface area contributed by atoms with Crippen molar-refractivity contribution in [2.24, 2.45) is 7.05 Å². The standard InChI is InChI=1S/C19H21N3O/c1-13(2)17-12-22(3)18-5-4-15(10-16(17)18)19(23)21-11-14-6-8-20-9-7-14/h4-10,12-13H,11H2,1-3H3,(H,21,23). The lowest BCUT2D eigenvalue weighted by Gasteiger charge is -2.07. The third-order valence-corrected chi connectivity index (χ3v) is 4.11. The number of rotatable bonds is 4. The summed E-state index contributed by atoms with van der Waals surface area (Å²) in [4.78, 5) is 16.4. The fraction of sp³-hybridized carbons (Fsp3) is 0.263. The number of aryl methyl sites for hydroxylation is 1. The van der Waals surface area contributed by atoms with Gasteiger partial charge in [0.15, 0.2) is 0 Å². The molecule has 2 heterocycles. The molecule has 118 valence electrons. The lowest BCUT2D eigenvalue weighted by molar-refractivity contribution is 0.0951. The molecule has 1 amide bonds. The van der Waals surface area contributed by atoms with E-state index in [2.05, 4.69) is 34.9 Å². The highest BCUT2D eigenvalue weighted by atomic mass is 16.1. The van der Waals surface area contributed by atoms with Crippen LogP contribution in [0.4, 0.5) is 0 Å². The number of hydrogen-bond acceptors (Lipinski definition) is 2. The van der Waals surface area contributed by atoms with Gasteiger partial charge in [0.1, 0.15) is 0 Å². The van der Waals surface area contributed by atoms with Crippen LogP contribution in [0.25, 0.3) is 10.9 Å². The molecule has 4 nitrogen and oxygen atoms in total. The van der Waals surface area contributed by atoms with Crippen molar-refractivity contribution >= 4 is 16.8 Å². The summed E-state index contributed by atoms with van der Waals surface area (Å²) < 4.78 is 2.11. The van der Waals surface area contributed by atoms with Gasteiger partial charge in [-0.2, -0.15) is 0 Å². The normalized spacial score (nSPS) is 11.1. The van der Waals surface area contributed by atoms with E-state index in [9.17, 15) is 4.79 Å². The van der Waals surface area contributed by atoms with Crippen LogP contribution >= 0.6 is 0 Å². The van der Waals surface area contributed by atoms with Gasteiger partial charge in [-0.25, -0.2) is 0 Å². The Bertz CT molecular complexity index is 834. The first kappa shape index (κ1) is 15.3. The summed E-state index contributed by atoms with van der Waals surface area (Å²) in [6, 6.07) is 9.69. The number of carbonyl (C=O) groups is 1. The summed E-state index contributed by atoms with van der Waals surface area (Å²) in [7, 11) is 2.04. The van der Waals surface area contributed by atoms with E-state index in [0.717, 1.165) is 16.5 Å². The maximum Gasteiger partial charge on any atom is 0.251 e. The van der Waals surface area contributed by atoms with Crippen molar-refractivity contribution in [3.05, 3.63) is 65.6 Å². The molecule has 0 aliphatic heterocycles. The van der Waals surface area contributed by atoms with Crippen molar-refractivity contribution in [2.45, 2.75) is 26.3 Å². The topological polar surface area (TPSA) is 46.9 Å². The summed E-state index contributed by atoms with van der Waals surface area (Å²) >= 11 is 0. The van der Waals surface area contributed by atoms with Gasteiger partial charge >= 0.3 is 0 Å². The van der Waals surface area contributed by atoms with Crippen LogP contribution in [0.1, 0.15) is 41.3 Å². The molecule has 1 N–H and O–H groups in total. The molecule has 0 radical (unpaired) electrons. The van der Waals surface area contributed by atoms with Gasteiger partial charge in [0.05, 0.1) is 0 Å². The predicted molar refractivity (Wildman–Crippen MR) is 92.4 cm³/mol. The molecule has 4 heteroatoms. The lowest BCUT2D eigenvalue weighted by atomic mass is 10.0. The van der Waals surface area contributed by atoms with E-state index in [-0.39, 0.29) is 5.91 Å². The molecule has 1 aromatic carbocycles. The Morgan fingerprint density at radius 1 is 1.22 bits per heavy atom. The number of fused-ring (bicyclic) bond motifs is 1. The van der Waals surface area contributed by atoms with E-state index in [0.29, 0.717) is 18.0 Å². The van der Waals surface area contributed by atoms with Gasteiger partial charge in [-0.05, 0) is 47.4 Å². The highest BCUT2D eigenvalue weighted by molar-refractivity contribution is 5.99. The van der Waals surface area contributed by atoms with Gasteiger partial charge in [-0.3, -0.25) is 9.78 Å². The Balaban J connectivity index is 1.85. The van der Waals surface area contributed by atoms with Crippen LogP contribution in [0.5, 0.6) is 0 Å². The number of carbonyl (C=O) groups excluding carboxylic acids is 1. The molecule has 0 bridgehead atoms. The van der Waals surface area contributed by atoms with Crippen LogP contribution in [0.2, 0.25) is 0 Å². The van der Waals surface area contributed by atoms with E-state index in [1.165, 1.54) is 5.56 Å². The number of pyridine rings is 1. The molecule has 0 saturated carbocycles. The van der Waals surface area contributed by atoms with Gasteiger partial charge < -0.3 is 9.88 Å². The summed E-state index contributed by atoms with van der Waals surface area (Å²) in [6.45, 7) is 4.85. The van der Waals surface area contributed by atoms with Crippen molar-refractivity contribution in [3.63, 3.8) is 0 Å². The van der Waals surface area contributed by atoms with Gasteiger partial charge in [0, 0.05) is 48.6 Å². The molecule has 3 aromatic rings. The summed E-state index contributed by atoms with van der Waals surface area (Å²) in [5.74, 6) is 0.371. The zero-order valence-corrected chi connectivity index (χ0v) is 13.7. The smallest absolute Gasteiger partial charge is 0.251 e. The molecule has 0 spiro atoms. The average molecular weight is 307 g/mol. The predicted octanol–water partition coefficient (Wildman–Crippen LogP) is 3.63. The first-order chi connectivity index (χ1) is 11.1. The number of nitrogens with zero attached hydrogens (tertiary/aromatic N) is 2. The van der Waals surface area contributed by atoms with E-state index in [1.54, 1.807) is 12.4 Å². The van der Waals surface area contributed by atoms with Crippen molar-refractivity contribution in [1.29, 1.82) is 0 Å². The number of aromatic nitrogens is 2. The third-order valence-electron chi connectivity index (χ3n) is 4.11. The van der Waals surface area contributed by atoms with Crippen LogP contribution in [-0.4, -0.2) is 15.5 Å². The first-order valence-corrected chi connectivity index (χ1v) is 7.82. The van der Waals surface area contributed by atoms with Gasteiger partial charge in [-0.1, -0.05) is 13.8 Å². The van der Waals surface area contributed by atoms with Crippen molar-refractivity contribution < 1.29 is 4.79 Å². The summed E-state index contributed by atoms with van der Waals surface area (Å²) in [5.41, 5.74) is 4.15. The Hall–Kier alpha value is -2.62. The van der Waals surface area contributed by atoms with Crippen molar-refractivity contribution in [3.8, 4) is 0 Å². The van der Waals surface area contributed by atoms with Crippen LogP contribution in [0, 0.1) is 0 Å². The van der Waals surface area contributed by atoms with Gasteiger partial charge in [0.25, 0.3) is 5.91 Å². The number of benzene rings is 1. The Kier molecular flexibility index (Phi) is 4.15. The molecule has 23 heavy (non-hydrogen) atoms. The molecule has 3 rings (SSSR count). The summed E-state index contributed by atoms with van der Waals surface area (Å²) in [6.07, 6.45) is 5.60. The SMILES string of the molecule is CC(C)c1cn(C)c2ccc(C(=O)NCc3ccncc3)cc12. The second kappa shape index (κ2) is 6.24. The minimum absolute atomic E-state index is 0.0535. The molecule has 0 atom stereocenters. The van der Waals surface area contributed by atoms with Crippen LogP contribution in [0.3, 0.4) is 0 Å². The zero-order valence-electron chi connectivity index (χ0n) is 13.7. The second-order valence-electron chi connectivity index (χ2n) is 6.12. The van der Waals surface area contributed by atoms with Gasteiger partial charge in [-0.15, -0.1) is 0 Å². The van der Waals surface area contributed by atoms with E-state index >= 15 is 0 Å². The third kappa shape index (κ3) is 3.11. The number of amides is 1. The highest BCUT2D eigenvalue weighted by Gasteiger charge is 2.13. The number of nitrogens with one attached hydrogen (secondary N) is 1. The Morgan fingerprint density at radius 2 is 1.96 bits per heavy atom. The molecule has 0 unspecified atom stereocenters. The first-order valence-electron chi connectivity index (χ1n) is 7.82. The zero-order chi connectivity index (χ0) is 16.4. The molecular weight excluding hydrogens is 286 g/mol. The minimum Gasteiger partial charge on any atom is -0.350 e. The second-order valence-corrected chi connectivity index (χ2v) is 6.12. The molecule has 0 saturated heterocycles. The van der Waals surface area contributed by atoms with E-state index in [4.69, 9.17) is 0 Å².